The van der Waals surface area contributed by atoms with Gasteiger partial charge in [-0.3, -0.25) is 0 Å². The molecule has 1 aliphatic rings. The second-order valence-corrected chi connectivity index (χ2v) is 4.50. The van der Waals surface area contributed by atoms with Gasteiger partial charge in [0, 0.05) is 0 Å². The van der Waals surface area contributed by atoms with E-state index in [-0.39, 0.29) is 0 Å². The van der Waals surface area contributed by atoms with Crippen LogP contribution in [0.4, 0.5) is 13.2 Å². The average Bonchev–Trinajstić information content (AvgIpc) is 2.15. The van der Waals surface area contributed by atoms with Gasteiger partial charge in [0.1, 0.15) is 0 Å². The van der Waals surface area contributed by atoms with E-state index in [4.69, 9.17) is 0 Å². The van der Waals surface area contributed by atoms with Gasteiger partial charge in [-0.25, -0.2) is 0 Å². The van der Waals surface area contributed by atoms with Crippen molar-refractivity contribution in [1.82, 2.24) is 0 Å². The van der Waals surface area contributed by atoms with Gasteiger partial charge < -0.3 is 5.11 Å². The van der Waals surface area contributed by atoms with Crippen LogP contribution in [0.5, 0.6) is 0 Å². The Hall–Kier alpha value is -1.03. The molecule has 0 aromatic heterocycles. The number of aliphatic hydroxyl groups is 1. The van der Waals surface area contributed by atoms with Crippen LogP contribution in [0.3, 0.4) is 0 Å². The molecule has 1 nitrogen and oxygen atoms in total. The molecule has 0 heterocycles. The fourth-order valence-corrected chi connectivity index (χ4v) is 2.26. The Balaban J connectivity index is 2.48. The lowest BCUT2D eigenvalue weighted by Gasteiger charge is -2.31. The fourth-order valence-electron chi connectivity index (χ4n) is 2.26. The first kappa shape index (κ1) is 11.5. The van der Waals surface area contributed by atoms with Gasteiger partial charge in [0.05, 0.1) is 11.2 Å². The zero-order chi connectivity index (χ0) is 12.0. The highest BCUT2D eigenvalue weighted by Gasteiger charge is 2.34. The maximum absolute atomic E-state index is 12.5. The highest BCUT2D eigenvalue weighted by Crippen LogP contribution is 2.38. The van der Waals surface area contributed by atoms with Gasteiger partial charge in [-0.1, -0.05) is 6.07 Å². The number of rotatable bonds is 0. The van der Waals surface area contributed by atoms with Crippen molar-refractivity contribution in [3.63, 3.8) is 0 Å². The second kappa shape index (κ2) is 3.48. The van der Waals surface area contributed by atoms with Gasteiger partial charge in [0.25, 0.3) is 0 Å². The Labute approximate surface area is 91.9 Å². The summed E-state index contributed by atoms with van der Waals surface area (Å²) in [5.41, 5.74) is -0.376. The number of hydrogen-bond donors (Lipinski definition) is 1. The van der Waals surface area contributed by atoms with E-state index >= 15 is 0 Å². The minimum absolute atomic E-state index is 0.603. The molecule has 2 rings (SSSR count). The molecule has 1 aliphatic carbocycles. The summed E-state index contributed by atoms with van der Waals surface area (Å²) in [4.78, 5) is 0. The molecule has 0 saturated heterocycles. The number of alkyl halides is 3. The van der Waals surface area contributed by atoms with Gasteiger partial charge in [0.2, 0.25) is 0 Å². The van der Waals surface area contributed by atoms with Crippen molar-refractivity contribution in [3.05, 3.63) is 34.9 Å². The third-order valence-electron chi connectivity index (χ3n) is 3.12. The quantitative estimate of drug-likeness (QED) is 0.725. The maximum Gasteiger partial charge on any atom is 0.416 e. The van der Waals surface area contributed by atoms with Gasteiger partial charge in [-0.2, -0.15) is 13.2 Å². The Morgan fingerprint density at radius 3 is 2.62 bits per heavy atom. The summed E-state index contributed by atoms with van der Waals surface area (Å²) in [7, 11) is 0. The number of benzene rings is 1. The van der Waals surface area contributed by atoms with Crippen LogP contribution in [0.2, 0.25) is 0 Å². The normalized spacial score (nSPS) is 25.3. The molecule has 4 heteroatoms. The molecule has 0 spiro atoms. The van der Waals surface area contributed by atoms with Crippen molar-refractivity contribution >= 4 is 0 Å². The molecule has 1 atom stereocenters. The lowest BCUT2D eigenvalue weighted by molar-refractivity contribution is -0.137. The van der Waals surface area contributed by atoms with Crippen molar-refractivity contribution in [2.75, 3.05) is 0 Å². The fraction of sp³-hybridized carbons (Fsp3) is 0.500. The van der Waals surface area contributed by atoms with Crippen LogP contribution in [-0.4, -0.2) is 5.11 Å². The zero-order valence-corrected chi connectivity index (χ0v) is 8.93. The molecule has 1 aromatic rings. The Kier molecular flexibility index (Phi) is 2.49. The Morgan fingerprint density at radius 2 is 2.00 bits per heavy atom. The molecular weight excluding hydrogens is 217 g/mol. The van der Waals surface area contributed by atoms with Crippen molar-refractivity contribution in [1.29, 1.82) is 0 Å². The maximum atomic E-state index is 12.5. The predicted molar refractivity (Wildman–Crippen MR) is 54.0 cm³/mol. The van der Waals surface area contributed by atoms with Crippen LogP contribution in [0.25, 0.3) is 0 Å². The van der Waals surface area contributed by atoms with E-state index in [1.54, 1.807) is 6.92 Å². The Bertz CT molecular complexity index is 407. The molecule has 88 valence electrons. The van der Waals surface area contributed by atoms with Crippen molar-refractivity contribution < 1.29 is 18.3 Å². The van der Waals surface area contributed by atoms with E-state index in [2.05, 4.69) is 0 Å². The van der Waals surface area contributed by atoms with Crippen molar-refractivity contribution in [2.45, 2.75) is 38.0 Å². The molecule has 0 amide bonds. The Morgan fingerprint density at radius 1 is 1.31 bits per heavy atom. The molecule has 1 N–H and O–H groups in total. The largest absolute Gasteiger partial charge is 0.416 e. The first-order valence-corrected chi connectivity index (χ1v) is 5.24. The first-order chi connectivity index (χ1) is 7.31. The van der Waals surface area contributed by atoms with Crippen LogP contribution in [0.15, 0.2) is 18.2 Å². The third kappa shape index (κ3) is 1.94. The monoisotopic (exact) mass is 230 g/mol. The first-order valence-electron chi connectivity index (χ1n) is 5.24. The number of halogens is 3. The van der Waals surface area contributed by atoms with Crippen LogP contribution in [0.1, 0.15) is 36.5 Å². The number of aryl methyl sites for hydroxylation is 1. The van der Waals surface area contributed by atoms with Crippen molar-refractivity contribution in [3.8, 4) is 0 Å². The van der Waals surface area contributed by atoms with Gasteiger partial charge in [-0.05, 0) is 49.4 Å². The summed E-state index contributed by atoms with van der Waals surface area (Å²) in [6.07, 6.45) is -2.37. The van der Waals surface area contributed by atoms with E-state index in [9.17, 15) is 18.3 Å². The van der Waals surface area contributed by atoms with E-state index < -0.39 is 17.3 Å². The molecule has 16 heavy (non-hydrogen) atoms. The average molecular weight is 230 g/mol. The molecule has 0 saturated carbocycles. The highest BCUT2D eigenvalue weighted by molar-refractivity contribution is 5.38. The SMILES string of the molecule is CC1(O)CCCc2cc(C(F)(F)F)ccc21. The zero-order valence-electron chi connectivity index (χ0n) is 8.93. The minimum Gasteiger partial charge on any atom is -0.385 e. The van der Waals surface area contributed by atoms with E-state index in [1.165, 1.54) is 6.07 Å². The molecule has 0 radical (unpaired) electrons. The molecule has 1 aromatic carbocycles. The van der Waals surface area contributed by atoms with Crippen LogP contribution in [-0.2, 0) is 18.2 Å². The van der Waals surface area contributed by atoms with Crippen molar-refractivity contribution in [2.24, 2.45) is 0 Å². The minimum atomic E-state index is -4.31. The summed E-state index contributed by atoms with van der Waals surface area (Å²) < 4.78 is 37.5. The molecule has 1 unspecified atom stereocenters. The molecular formula is C12H13F3O. The van der Waals surface area contributed by atoms with E-state index in [0.29, 0.717) is 24.0 Å². The second-order valence-electron chi connectivity index (χ2n) is 4.50. The summed E-state index contributed by atoms with van der Waals surface area (Å²) in [5.74, 6) is 0. The summed E-state index contributed by atoms with van der Waals surface area (Å²) in [6, 6.07) is 3.60. The van der Waals surface area contributed by atoms with E-state index in [1.807, 2.05) is 0 Å². The summed E-state index contributed by atoms with van der Waals surface area (Å²) in [6.45, 7) is 1.65. The summed E-state index contributed by atoms with van der Waals surface area (Å²) >= 11 is 0. The highest BCUT2D eigenvalue weighted by atomic mass is 19.4. The number of hydrogen-bond acceptors (Lipinski definition) is 1. The molecule has 0 bridgehead atoms. The molecule has 0 aliphatic heterocycles. The third-order valence-corrected chi connectivity index (χ3v) is 3.12. The van der Waals surface area contributed by atoms with Gasteiger partial charge in [-0.15, -0.1) is 0 Å². The van der Waals surface area contributed by atoms with Crippen LogP contribution < -0.4 is 0 Å². The lowest BCUT2D eigenvalue weighted by Crippen LogP contribution is -2.27. The predicted octanol–water partition coefficient (Wildman–Crippen LogP) is 3.25. The topological polar surface area (TPSA) is 20.2 Å². The molecule has 0 fully saturated rings. The van der Waals surface area contributed by atoms with E-state index in [0.717, 1.165) is 18.6 Å². The summed E-state index contributed by atoms with van der Waals surface area (Å²) in [5, 5.41) is 10.0. The number of fused-ring (bicyclic) bond motifs is 1. The standard InChI is InChI=1S/C12H13F3O/c1-11(16)6-2-3-8-7-9(12(13,14)15)4-5-10(8)11/h4-5,7,16H,2-3,6H2,1H3. The van der Waals surface area contributed by atoms with Crippen LogP contribution >= 0.6 is 0 Å². The van der Waals surface area contributed by atoms with Gasteiger partial charge in [0.15, 0.2) is 0 Å². The smallest absolute Gasteiger partial charge is 0.385 e. The lowest BCUT2D eigenvalue weighted by atomic mass is 9.80. The van der Waals surface area contributed by atoms with Crippen LogP contribution in [0, 0.1) is 0 Å². The van der Waals surface area contributed by atoms with Gasteiger partial charge >= 0.3 is 6.18 Å².